The molecule has 2 heteroatoms. The summed E-state index contributed by atoms with van der Waals surface area (Å²) >= 11 is 0. The molecule has 1 atom stereocenters. The average molecular weight is 302 g/mol. The molecule has 1 aliphatic rings. The van der Waals surface area contributed by atoms with Crippen LogP contribution in [0.15, 0.2) is 30.3 Å². The van der Waals surface area contributed by atoms with Crippen LogP contribution in [0.25, 0.3) is 5.57 Å². The van der Waals surface area contributed by atoms with E-state index in [2.05, 4.69) is 76.1 Å². The molecule has 1 N–H and O–H groups in total. The van der Waals surface area contributed by atoms with Crippen LogP contribution in [0.2, 0.25) is 13.1 Å². The minimum Gasteiger partial charge on any atom is -0.332 e. The van der Waals surface area contributed by atoms with Crippen LogP contribution in [0.1, 0.15) is 63.6 Å². The van der Waals surface area contributed by atoms with Gasteiger partial charge in [0.2, 0.25) is 0 Å². The van der Waals surface area contributed by atoms with Crippen molar-refractivity contribution in [3.63, 3.8) is 0 Å². The van der Waals surface area contributed by atoms with Gasteiger partial charge in [0.05, 0.1) is 0 Å². The Morgan fingerprint density at radius 2 is 1.81 bits per heavy atom. The second-order valence-electron chi connectivity index (χ2n) is 7.96. The first kappa shape index (κ1) is 16.5. The highest BCUT2D eigenvalue weighted by Crippen LogP contribution is 2.42. The maximum Gasteiger partial charge on any atom is 0.131 e. The number of benzene rings is 1. The van der Waals surface area contributed by atoms with Gasteiger partial charge in [-0.25, -0.2) is 0 Å². The quantitative estimate of drug-likeness (QED) is 0.709. The van der Waals surface area contributed by atoms with E-state index >= 15 is 0 Å². The van der Waals surface area contributed by atoms with Gasteiger partial charge in [0, 0.05) is 11.1 Å². The molecule has 1 aliphatic carbocycles. The fourth-order valence-electron chi connectivity index (χ4n) is 3.67. The van der Waals surface area contributed by atoms with Crippen LogP contribution in [0, 0.1) is 0 Å². The minimum absolute atomic E-state index is 0.185. The lowest BCUT2D eigenvalue weighted by molar-refractivity contribution is 0.509. The topological polar surface area (TPSA) is 12.0 Å². The van der Waals surface area contributed by atoms with E-state index in [1.165, 1.54) is 24.8 Å². The molecule has 0 saturated carbocycles. The fraction of sp³-hybridized carbons (Fsp3) is 0.579. The molecule has 1 unspecified atom stereocenters. The summed E-state index contributed by atoms with van der Waals surface area (Å²) in [6, 6.07) is 9.05. The number of hydrogen-bond donors (Lipinski definition) is 1. The van der Waals surface area contributed by atoms with Crippen LogP contribution in [0.4, 0.5) is 0 Å². The zero-order valence-electron chi connectivity index (χ0n) is 14.6. The molecule has 0 bridgehead atoms. The predicted octanol–water partition coefficient (Wildman–Crippen LogP) is 5.49. The molecule has 2 rings (SSSR count). The summed E-state index contributed by atoms with van der Waals surface area (Å²) in [6.07, 6.45) is 6.36. The molecule has 21 heavy (non-hydrogen) atoms. The SMILES string of the molecule is CCCCC1=CC([Si](C)(C)NC(C)(C)C)c2ccccc21. The van der Waals surface area contributed by atoms with Gasteiger partial charge in [-0.3, -0.25) is 0 Å². The molecule has 116 valence electrons. The molecular weight excluding hydrogens is 270 g/mol. The monoisotopic (exact) mass is 301 g/mol. The third kappa shape index (κ3) is 3.86. The lowest BCUT2D eigenvalue weighted by Gasteiger charge is -2.37. The van der Waals surface area contributed by atoms with E-state index in [0.29, 0.717) is 5.54 Å². The lowest BCUT2D eigenvalue weighted by atomic mass is 10.0. The van der Waals surface area contributed by atoms with Gasteiger partial charge in [-0.1, -0.05) is 56.8 Å². The Morgan fingerprint density at radius 1 is 1.14 bits per heavy atom. The molecule has 0 fully saturated rings. The minimum atomic E-state index is -1.56. The first-order valence-corrected chi connectivity index (χ1v) is 11.4. The van der Waals surface area contributed by atoms with Gasteiger partial charge in [0.1, 0.15) is 8.24 Å². The van der Waals surface area contributed by atoms with Crippen LogP contribution < -0.4 is 4.98 Å². The van der Waals surface area contributed by atoms with Gasteiger partial charge in [-0.05, 0) is 50.3 Å². The highest BCUT2D eigenvalue weighted by molar-refractivity contribution is 6.77. The number of fused-ring (bicyclic) bond motifs is 1. The molecule has 0 amide bonds. The number of rotatable bonds is 5. The molecule has 1 nitrogen and oxygen atoms in total. The van der Waals surface area contributed by atoms with E-state index in [0.717, 1.165) is 0 Å². The van der Waals surface area contributed by atoms with Crippen molar-refractivity contribution in [3.8, 4) is 0 Å². The number of hydrogen-bond acceptors (Lipinski definition) is 1. The molecule has 1 aromatic rings. The first-order chi connectivity index (χ1) is 9.74. The zero-order chi connectivity index (χ0) is 15.7. The largest absolute Gasteiger partial charge is 0.332 e. The van der Waals surface area contributed by atoms with Crippen LogP contribution in [0.5, 0.6) is 0 Å². The second kappa shape index (κ2) is 6.10. The highest BCUT2D eigenvalue weighted by Gasteiger charge is 2.38. The van der Waals surface area contributed by atoms with Gasteiger partial charge < -0.3 is 4.98 Å². The van der Waals surface area contributed by atoms with Crippen molar-refractivity contribution in [3.05, 3.63) is 41.5 Å². The number of unbranched alkanes of at least 4 members (excludes halogenated alkanes) is 1. The Labute approximate surface area is 131 Å². The van der Waals surface area contributed by atoms with E-state index in [1.54, 1.807) is 11.1 Å². The van der Waals surface area contributed by atoms with Gasteiger partial charge in [-0.2, -0.15) is 0 Å². The summed E-state index contributed by atoms with van der Waals surface area (Å²) in [7, 11) is -1.56. The van der Waals surface area contributed by atoms with Crippen molar-refractivity contribution in [1.29, 1.82) is 0 Å². The van der Waals surface area contributed by atoms with E-state index in [-0.39, 0.29) is 5.54 Å². The van der Waals surface area contributed by atoms with Gasteiger partial charge in [-0.15, -0.1) is 0 Å². The zero-order valence-corrected chi connectivity index (χ0v) is 15.6. The van der Waals surface area contributed by atoms with Gasteiger partial charge in [0.25, 0.3) is 0 Å². The Hall–Kier alpha value is -0.863. The van der Waals surface area contributed by atoms with Crippen molar-refractivity contribution in [2.75, 3.05) is 0 Å². The summed E-state index contributed by atoms with van der Waals surface area (Å²) in [5, 5.41) is 0. The van der Waals surface area contributed by atoms with Crippen molar-refractivity contribution in [1.82, 2.24) is 4.98 Å². The van der Waals surface area contributed by atoms with Crippen LogP contribution in [0.3, 0.4) is 0 Å². The molecule has 1 aromatic carbocycles. The normalized spacial score (nSPS) is 18.6. The first-order valence-electron chi connectivity index (χ1n) is 8.34. The van der Waals surface area contributed by atoms with Crippen molar-refractivity contribution in [2.24, 2.45) is 0 Å². The number of nitrogens with one attached hydrogen (secondary N) is 1. The molecule has 0 saturated heterocycles. The maximum atomic E-state index is 3.95. The predicted molar refractivity (Wildman–Crippen MR) is 97.1 cm³/mol. The Balaban J connectivity index is 2.33. The van der Waals surface area contributed by atoms with Gasteiger partial charge in [0.15, 0.2) is 0 Å². The van der Waals surface area contributed by atoms with E-state index in [1.807, 2.05) is 0 Å². The molecule has 0 aliphatic heterocycles. The molecule has 0 radical (unpaired) electrons. The smallest absolute Gasteiger partial charge is 0.131 e. The molecule has 0 aromatic heterocycles. The average Bonchev–Trinajstić information content (AvgIpc) is 2.73. The molecule has 0 heterocycles. The Bertz CT molecular complexity index is 523. The molecule has 0 spiro atoms. The van der Waals surface area contributed by atoms with Crippen LogP contribution >= 0.6 is 0 Å². The van der Waals surface area contributed by atoms with Gasteiger partial charge >= 0.3 is 0 Å². The van der Waals surface area contributed by atoms with E-state index in [9.17, 15) is 0 Å². The van der Waals surface area contributed by atoms with Crippen molar-refractivity contribution in [2.45, 2.75) is 71.1 Å². The summed E-state index contributed by atoms with van der Waals surface area (Å²) < 4.78 is 0. The fourth-order valence-corrected chi connectivity index (χ4v) is 7.40. The summed E-state index contributed by atoms with van der Waals surface area (Å²) in [6.45, 7) is 14.1. The summed E-state index contributed by atoms with van der Waals surface area (Å²) in [4.78, 5) is 3.95. The van der Waals surface area contributed by atoms with E-state index in [4.69, 9.17) is 0 Å². The lowest BCUT2D eigenvalue weighted by Crippen LogP contribution is -2.57. The van der Waals surface area contributed by atoms with Crippen molar-refractivity contribution >= 4 is 13.8 Å². The second-order valence-corrected chi connectivity index (χ2v) is 12.3. The van der Waals surface area contributed by atoms with Crippen LogP contribution in [-0.4, -0.2) is 13.8 Å². The maximum absolute atomic E-state index is 3.95. The summed E-state index contributed by atoms with van der Waals surface area (Å²) in [5.74, 6) is 0. The Morgan fingerprint density at radius 3 is 2.43 bits per heavy atom. The third-order valence-electron chi connectivity index (χ3n) is 4.28. The van der Waals surface area contributed by atoms with E-state index < -0.39 is 8.24 Å². The molecular formula is C19H31NSi. The van der Waals surface area contributed by atoms with Crippen molar-refractivity contribution < 1.29 is 0 Å². The Kier molecular flexibility index (Phi) is 4.79. The standard InChI is InChI=1S/C19H31NSi/c1-7-8-11-15-14-18(17-13-10-9-12-16(15)17)21(5,6)20-19(2,3)4/h9-10,12-14,18,20H,7-8,11H2,1-6H3. The highest BCUT2D eigenvalue weighted by atomic mass is 28.3. The number of allylic oxidation sites excluding steroid dienone is 2. The third-order valence-corrected chi connectivity index (χ3v) is 7.71. The van der Waals surface area contributed by atoms with Crippen LogP contribution in [-0.2, 0) is 0 Å². The summed E-state index contributed by atoms with van der Waals surface area (Å²) in [5.41, 5.74) is 5.42.